The molecule has 2 N–H and O–H groups in total. The van der Waals surface area contributed by atoms with Gasteiger partial charge in [0, 0.05) is 30.4 Å². The lowest BCUT2D eigenvalue weighted by molar-refractivity contribution is -0.384. The summed E-state index contributed by atoms with van der Waals surface area (Å²) in [7, 11) is 0. The molecule has 6 nitrogen and oxygen atoms in total. The Morgan fingerprint density at radius 2 is 2.00 bits per heavy atom. The highest BCUT2D eigenvalue weighted by Crippen LogP contribution is 2.26. The van der Waals surface area contributed by atoms with Crippen molar-refractivity contribution < 1.29 is 4.92 Å². The van der Waals surface area contributed by atoms with E-state index in [1.54, 1.807) is 12.1 Å². The lowest BCUT2D eigenvalue weighted by atomic mass is 10.1. The van der Waals surface area contributed by atoms with Gasteiger partial charge in [0.25, 0.3) is 5.69 Å². The first-order valence-corrected chi connectivity index (χ1v) is 6.52. The van der Waals surface area contributed by atoms with Crippen LogP contribution in [0.2, 0.25) is 0 Å². The molecule has 2 heterocycles. The number of hydrogen-bond acceptors (Lipinski definition) is 4. The number of non-ortho nitro benzene ring substituents is 1. The zero-order chi connectivity index (χ0) is 15.0. The van der Waals surface area contributed by atoms with E-state index in [1.165, 1.54) is 12.1 Å². The summed E-state index contributed by atoms with van der Waals surface area (Å²) in [5.74, 6) is 0. The first kappa shape index (κ1) is 13.3. The molecule has 0 unspecified atom stereocenters. The molecule has 0 saturated heterocycles. The predicted octanol–water partition coefficient (Wildman–Crippen LogP) is 2.68. The zero-order valence-corrected chi connectivity index (χ0v) is 11.5. The quantitative estimate of drug-likeness (QED) is 0.591. The van der Waals surface area contributed by atoms with Gasteiger partial charge in [0.05, 0.1) is 16.3 Å². The minimum atomic E-state index is -0.416. The fourth-order valence-electron chi connectivity index (χ4n) is 2.36. The molecule has 0 atom stereocenters. The number of rotatable bonds is 3. The van der Waals surface area contributed by atoms with Crippen LogP contribution >= 0.6 is 0 Å². The van der Waals surface area contributed by atoms with Gasteiger partial charge < -0.3 is 10.1 Å². The number of pyridine rings is 1. The summed E-state index contributed by atoms with van der Waals surface area (Å²) in [6, 6.07) is 10.3. The molecule has 0 amide bonds. The summed E-state index contributed by atoms with van der Waals surface area (Å²) in [4.78, 5) is 14.9. The Morgan fingerprint density at radius 1 is 1.29 bits per heavy atom. The molecule has 2 aromatic heterocycles. The second-order valence-corrected chi connectivity index (χ2v) is 4.85. The van der Waals surface area contributed by atoms with Crippen LogP contribution in [0.3, 0.4) is 0 Å². The topological polar surface area (TPSA) is 86.5 Å². The third kappa shape index (κ3) is 2.25. The fourth-order valence-corrected chi connectivity index (χ4v) is 2.36. The van der Waals surface area contributed by atoms with E-state index >= 15 is 0 Å². The van der Waals surface area contributed by atoms with Crippen LogP contribution in [0, 0.1) is 17.0 Å². The standard InChI is InChI=1S/C15H14N4O2/c1-10-6-7-18-13(9-16)15(17-14(18)8-10)11-2-4-12(5-3-11)19(20)21/h2-8H,9,16H2,1H3. The maximum absolute atomic E-state index is 10.7. The van der Waals surface area contributed by atoms with E-state index in [9.17, 15) is 10.1 Å². The highest BCUT2D eigenvalue weighted by Gasteiger charge is 2.14. The van der Waals surface area contributed by atoms with Crippen molar-refractivity contribution in [2.45, 2.75) is 13.5 Å². The Kier molecular flexibility index (Phi) is 3.15. The van der Waals surface area contributed by atoms with Gasteiger partial charge in [-0.25, -0.2) is 4.98 Å². The van der Waals surface area contributed by atoms with Gasteiger partial charge in [-0.2, -0.15) is 0 Å². The number of fused-ring (bicyclic) bond motifs is 1. The summed E-state index contributed by atoms with van der Waals surface area (Å²) in [6.45, 7) is 2.35. The van der Waals surface area contributed by atoms with Crippen molar-refractivity contribution >= 4 is 11.3 Å². The third-order valence-corrected chi connectivity index (χ3v) is 3.43. The molecule has 0 aliphatic carbocycles. The zero-order valence-electron chi connectivity index (χ0n) is 11.5. The predicted molar refractivity (Wildman–Crippen MR) is 79.9 cm³/mol. The fraction of sp³-hybridized carbons (Fsp3) is 0.133. The molecular weight excluding hydrogens is 268 g/mol. The molecule has 0 radical (unpaired) electrons. The molecule has 21 heavy (non-hydrogen) atoms. The Bertz CT molecular complexity index is 822. The van der Waals surface area contributed by atoms with Crippen LogP contribution in [0.25, 0.3) is 16.9 Å². The smallest absolute Gasteiger partial charge is 0.269 e. The van der Waals surface area contributed by atoms with Gasteiger partial charge in [0.2, 0.25) is 0 Å². The average Bonchev–Trinajstić information content (AvgIpc) is 2.84. The van der Waals surface area contributed by atoms with Crippen molar-refractivity contribution in [3.05, 3.63) is 64.0 Å². The monoisotopic (exact) mass is 282 g/mol. The van der Waals surface area contributed by atoms with Gasteiger partial charge in [-0.15, -0.1) is 0 Å². The summed E-state index contributed by atoms with van der Waals surface area (Å²) in [5, 5.41) is 10.7. The van der Waals surface area contributed by atoms with Crippen LogP contribution < -0.4 is 5.73 Å². The molecule has 0 aliphatic heterocycles. The van der Waals surface area contributed by atoms with Crippen molar-refractivity contribution in [2.75, 3.05) is 0 Å². The second-order valence-electron chi connectivity index (χ2n) is 4.85. The number of hydrogen-bond donors (Lipinski definition) is 1. The van der Waals surface area contributed by atoms with Gasteiger partial charge in [0.1, 0.15) is 5.65 Å². The maximum atomic E-state index is 10.7. The van der Waals surface area contributed by atoms with Gasteiger partial charge in [0.15, 0.2) is 0 Å². The number of aromatic nitrogens is 2. The molecule has 0 bridgehead atoms. The lowest BCUT2D eigenvalue weighted by Crippen LogP contribution is -2.02. The highest BCUT2D eigenvalue weighted by molar-refractivity contribution is 5.67. The Balaban J connectivity index is 2.17. The van der Waals surface area contributed by atoms with E-state index in [0.717, 1.165) is 28.2 Å². The van der Waals surface area contributed by atoms with Crippen molar-refractivity contribution in [3.63, 3.8) is 0 Å². The average molecular weight is 282 g/mol. The number of nitro groups is 1. The Labute approximate surface area is 121 Å². The van der Waals surface area contributed by atoms with E-state index in [0.29, 0.717) is 6.54 Å². The minimum absolute atomic E-state index is 0.0626. The van der Waals surface area contributed by atoms with Crippen molar-refractivity contribution in [1.82, 2.24) is 9.38 Å². The van der Waals surface area contributed by atoms with Gasteiger partial charge in [-0.1, -0.05) is 0 Å². The van der Waals surface area contributed by atoms with Crippen molar-refractivity contribution in [1.29, 1.82) is 0 Å². The normalized spacial score (nSPS) is 11.0. The summed E-state index contributed by atoms with van der Waals surface area (Å²) in [5.41, 5.74) is 10.3. The van der Waals surface area contributed by atoms with E-state index in [4.69, 9.17) is 5.73 Å². The largest absolute Gasteiger partial charge is 0.325 e. The Morgan fingerprint density at radius 3 is 2.62 bits per heavy atom. The molecule has 0 fully saturated rings. The van der Waals surface area contributed by atoms with E-state index in [1.807, 2.05) is 29.7 Å². The van der Waals surface area contributed by atoms with Gasteiger partial charge >= 0.3 is 0 Å². The molecule has 3 aromatic rings. The van der Waals surface area contributed by atoms with Crippen LogP contribution in [0.15, 0.2) is 42.6 Å². The van der Waals surface area contributed by atoms with E-state index in [-0.39, 0.29) is 5.69 Å². The molecule has 6 heteroatoms. The molecule has 1 aromatic carbocycles. The van der Waals surface area contributed by atoms with E-state index in [2.05, 4.69) is 4.98 Å². The minimum Gasteiger partial charge on any atom is -0.325 e. The summed E-state index contributed by atoms with van der Waals surface area (Å²) in [6.07, 6.45) is 1.94. The molecule has 0 spiro atoms. The highest BCUT2D eigenvalue weighted by atomic mass is 16.6. The molecule has 0 saturated carbocycles. The lowest BCUT2D eigenvalue weighted by Gasteiger charge is -2.02. The molecule has 3 rings (SSSR count). The van der Waals surface area contributed by atoms with E-state index < -0.39 is 4.92 Å². The first-order valence-electron chi connectivity index (χ1n) is 6.52. The van der Waals surface area contributed by atoms with Crippen molar-refractivity contribution in [3.8, 4) is 11.3 Å². The van der Waals surface area contributed by atoms with Crippen LogP contribution in [0.1, 0.15) is 11.3 Å². The number of nitro benzene ring substituents is 1. The number of benzene rings is 1. The van der Waals surface area contributed by atoms with Crippen LogP contribution in [0.5, 0.6) is 0 Å². The molecular formula is C15H14N4O2. The number of nitrogens with zero attached hydrogens (tertiary/aromatic N) is 3. The summed E-state index contributed by atoms with van der Waals surface area (Å²) >= 11 is 0. The molecule has 0 aliphatic rings. The van der Waals surface area contributed by atoms with Gasteiger partial charge in [-0.05, 0) is 36.8 Å². The second kappa shape index (κ2) is 4.99. The number of aryl methyl sites for hydroxylation is 1. The summed E-state index contributed by atoms with van der Waals surface area (Å²) < 4.78 is 1.95. The molecule has 106 valence electrons. The SMILES string of the molecule is Cc1ccn2c(CN)c(-c3ccc([N+](=O)[O-])cc3)nc2c1. The third-order valence-electron chi connectivity index (χ3n) is 3.43. The van der Waals surface area contributed by atoms with Crippen LogP contribution in [-0.4, -0.2) is 14.3 Å². The van der Waals surface area contributed by atoms with Crippen molar-refractivity contribution in [2.24, 2.45) is 5.73 Å². The van der Waals surface area contributed by atoms with Crippen LogP contribution in [0.4, 0.5) is 5.69 Å². The maximum Gasteiger partial charge on any atom is 0.269 e. The van der Waals surface area contributed by atoms with Gasteiger partial charge in [-0.3, -0.25) is 10.1 Å². The Hall–Kier alpha value is -2.73. The van der Waals surface area contributed by atoms with Crippen LogP contribution in [-0.2, 0) is 6.54 Å². The number of nitrogens with two attached hydrogens (primary N) is 1. The number of imidazole rings is 1. The first-order chi connectivity index (χ1) is 10.1.